The van der Waals surface area contributed by atoms with Gasteiger partial charge in [-0.25, -0.2) is 0 Å². The highest BCUT2D eigenvalue weighted by Crippen LogP contribution is 2.35. The number of likely N-dealkylation sites (tertiary alicyclic amines) is 1. The number of ether oxygens (including phenoxy) is 1. The lowest BCUT2D eigenvalue weighted by Gasteiger charge is -2.43. The molecule has 2 fully saturated rings. The van der Waals surface area contributed by atoms with Crippen LogP contribution in [0.1, 0.15) is 31.7 Å². The van der Waals surface area contributed by atoms with Crippen molar-refractivity contribution in [3.05, 3.63) is 35.9 Å². The van der Waals surface area contributed by atoms with Gasteiger partial charge in [-0.1, -0.05) is 30.3 Å². The van der Waals surface area contributed by atoms with E-state index in [-0.39, 0.29) is 17.9 Å². The largest absolute Gasteiger partial charge is 0.390 e. The molecular weight excluding hydrogens is 316 g/mol. The highest BCUT2D eigenvalue weighted by Gasteiger charge is 2.44. The first-order valence-electron chi connectivity index (χ1n) is 9.29. The van der Waals surface area contributed by atoms with Gasteiger partial charge in [-0.05, 0) is 38.3 Å². The summed E-state index contributed by atoms with van der Waals surface area (Å²) in [7, 11) is 1.86. The van der Waals surface area contributed by atoms with Gasteiger partial charge in [0, 0.05) is 32.2 Å². The van der Waals surface area contributed by atoms with Gasteiger partial charge in [0.05, 0.1) is 18.8 Å². The molecule has 0 spiro atoms. The maximum atomic E-state index is 12.7. The Kier molecular flexibility index (Phi) is 5.77. The molecule has 25 heavy (non-hydrogen) atoms. The minimum Gasteiger partial charge on any atom is -0.390 e. The van der Waals surface area contributed by atoms with Gasteiger partial charge >= 0.3 is 0 Å². The molecule has 3 atom stereocenters. The first-order chi connectivity index (χ1) is 12.0. The molecule has 1 aromatic rings. The fraction of sp³-hybridized carbons (Fsp3) is 0.650. The predicted molar refractivity (Wildman–Crippen MR) is 97.1 cm³/mol. The third kappa shape index (κ3) is 4.40. The molecular formula is C20H30N2O3. The van der Waals surface area contributed by atoms with E-state index >= 15 is 0 Å². The van der Waals surface area contributed by atoms with Crippen LogP contribution in [0.2, 0.25) is 0 Å². The Morgan fingerprint density at radius 1 is 1.40 bits per heavy atom. The lowest BCUT2D eigenvalue weighted by molar-refractivity contribution is -0.138. The molecule has 0 aromatic heterocycles. The number of carbonyl (C=O) groups is 1. The van der Waals surface area contributed by atoms with Crippen molar-refractivity contribution in [1.82, 2.24) is 9.80 Å². The summed E-state index contributed by atoms with van der Waals surface area (Å²) in [4.78, 5) is 16.7. The Bertz CT molecular complexity index is 576. The van der Waals surface area contributed by atoms with E-state index < -0.39 is 5.60 Å². The Labute approximate surface area is 150 Å². The number of aliphatic hydroxyl groups is 1. The van der Waals surface area contributed by atoms with Crippen molar-refractivity contribution in [3.8, 4) is 0 Å². The van der Waals surface area contributed by atoms with Crippen LogP contribution in [0.5, 0.6) is 0 Å². The average molecular weight is 346 g/mol. The number of carbonyl (C=O) groups excluding carboxylic acids is 1. The van der Waals surface area contributed by atoms with E-state index in [1.54, 1.807) is 4.90 Å². The first kappa shape index (κ1) is 18.4. The summed E-state index contributed by atoms with van der Waals surface area (Å²) in [5, 5.41) is 10.7. The van der Waals surface area contributed by atoms with Crippen molar-refractivity contribution in [1.29, 1.82) is 0 Å². The van der Waals surface area contributed by atoms with Gasteiger partial charge < -0.3 is 14.7 Å². The Hall–Kier alpha value is -1.43. The zero-order valence-electron chi connectivity index (χ0n) is 15.4. The number of hydrogen-bond acceptors (Lipinski definition) is 4. The molecule has 1 N–H and O–H groups in total. The Balaban J connectivity index is 1.60. The second kappa shape index (κ2) is 7.85. The number of hydrogen-bond donors (Lipinski definition) is 1. The second-order valence-corrected chi connectivity index (χ2v) is 7.70. The van der Waals surface area contributed by atoms with Crippen LogP contribution in [0, 0.1) is 5.92 Å². The van der Waals surface area contributed by atoms with E-state index in [0.717, 1.165) is 24.9 Å². The van der Waals surface area contributed by atoms with Crippen LogP contribution in [0.4, 0.5) is 0 Å². The van der Waals surface area contributed by atoms with Crippen LogP contribution in [-0.4, -0.2) is 65.8 Å². The average Bonchev–Trinajstić information content (AvgIpc) is 3.03. The second-order valence-electron chi connectivity index (χ2n) is 7.70. The SMILES string of the molecule is CN(Cc1ccccc1)C(=O)CN1CCC[C@@H]1[C@@H]1COCC[C@@]1(C)O. The molecule has 0 aliphatic carbocycles. The topological polar surface area (TPSA) is 53.0 Å². The molecule has 2 saturated heterocycles. The molecule has 3 rings (SSSR count). The van der Waals surface area contributed by atoms with Gasteiger partial charge in [0.2, 0.25) is 5.91 Å². The van der Waals surface area contributed by atoms with Gasteiger partial charge in [0.15, 0.2) is 0 Å². The van der Waals surface area contributed by atoms with E-state index in [0.29, 0.717) is 32.7 Å². The van der Waals surface area contributed by atoms with Gasteiger partial charge in [-0.15, -0.1) is 0 Å². The maximum Gasteiger partial charge on any atom is 0.236 e. The summed E-state index contributed by atoms with van der Waals surface area (Å²) < 4.78 is 5.63. The summed E-state index contributed by atoms with van der Waals surface area (Å²) in [6, 6.07) is 10.3. The summed E-state index contributed by atoms with van der Waals surface area (Å²) >= 11 is 0. The third-order valence-electron chi connectivity index (χ3n) is 5.75. The maximum absolute atomic E-state index is 12.7. The number of nitrogens with zero attached hydrogens (tertiary/aromatic N) is 2. The summed E-state index contributed by atoms with van der Waals surface area (Å²) in [5.41, 5.74) is 0.435. The van der Waals surface area contributed by atoms with E-state index in [1.807, 2.05) is 44.3 Å². The summed E-state index contributed by atoms with van der Waals surface area (Å²) in [6.07, 6.45) is 2.77. The summed E-state index contributed by atoms with van der Waals surface area (Å²) in [5.74, 6) is 0.211. The Morgan fingerprint density at radius 2 is 2.16 bits per heavy atom. The minimum absolute atomic E-state index is 0.0796. The zero-order valence-corrected chi connectivity index (χ0v) is 15.4. The van der Waals surface area contributed by atoms with Crippen LogP contribution in [0.3, 0.4) is 0 Å². The van der Waals surface area contributed by atoms with Gasteiger partial charge in [0.25, 0.3) is 0 Å². The monoisotopic (exact) mass is 346 g/mol. The number of benzene rings is 1. The lowest BCUT2D eigenvalue weighted by Crippen LogP contribution is -2.53. The molecule has 2 aliphatic heterocycles. The molecule has 0 bridgehead atoms. The molecule has 2 aliphatic rings. The number of likely N-dealkylation sites (N-methyl/N-ethyl adjacent to an activating group) is 1. The lowest BCUT2D eigenvalue weighted by atomic mass is 9.79. The smallest absolute Gasteiger partial charge is 0.236 e. The predicted octanol–water partition coefficient (Wildman–Crippen LogP) is 1.90. The van der Waals surface area contributed by atoms with E-state index in [2.05, 4.69) is 4.90 Å². The molecule has 1 amide bonds. The van der Waals surface area contributed by atoms with Crippen molar-refractivity contribution in [2.45, 2.75) is 44.4 Å². The standard InChI is InChI=1S/C20H30N2O3/c1-20(24)10-12-25-15-17(20)18-9-6-11-22(18)14-19(23)21(2)13-16-7-4-3-5-8-16/h3-5,7-8,17-18,24H,6,9-15H2,1-2H3/t17-,18+,20+/m0/s1. The molecule has 1 aromatic carbocycles. The van der Waals surface area contributed by atoms with Crippen molar-refractivity contribution in [3.63, 3.8) is 0 Å². The number of rotatable bonds is 5. The van der Waals surface area contributed by atoms with Crippen molar-refractivity contribution in [2.24, 2.45) is 5.92 Å². The van der Waals surface area contributed by atoms with Gasteiger partial charge in [-0.2, -0.15) is 0 Å². The molecule has 2 heterocycles. The fourth-order valence-electron chi connectivity index (χ4n) is 4.12. The van der Waals surface area contributed by atoms with Crippen molar-refractivity contribution >= 4 is 5.91 Å². The fourth-order valence-corrected chi connectivity index (χ4v) is 4.12. The highest BCUT2D eigenvalue weighted by atomic mass is 16.5. The van der Waals surface area contributed by atoms with E-state index in [9.17, 15) is 9.90 Å². The normalized spacial score (nSPS) is 30.4. The van der Waals surface area contributed by atoms with Crippen LogP contribution in [-0.2, 0) is 16.1 Å². The van der Waals surface area contributed by atoms with Crippen LogP contribution in [0.25, 0.3) is 0 Å². The minimum atomic E-state index is -0.704. The number of amides is 1. The highest BCUT2D eigenvalue weighted by molar-refractivity contribution is 5.78. The zero-order chi connectivity index (χ0) is 17.9. The van der Waals surface area contributed by atoms with E-state index in [4.69, 9.17) is 4.74 Å². The van der Waals surface area contributed by atoms with Crippen molar-refractivity contribution in [2.75, 3.05) is 33.4 Å². The van der Waals surface area contributed by atoms with Crippen LogP contribution < -0.4 is 0 Å². The molecule has 5 heteroatoms. The third-order valence-corrected chi connectivity index (χ3v) is 5.75. The quantitative estimate of drug-likeness (QED) is 0.885. The molecule has 5 nitrogen and oxygen atoms in total. The van der Waals surface area contributed by atoms with E-state index in [1.165, 1.54) is 0 Å². The molecule has 0 radical (unpaired) electrons. The molecule has 138 valence electrons. The molecule has 0 unspecified atom stereocenters. The summed E-state index contributed by atoms with van der Waals surface area (Å²) in [6.45, 7) is 5.09. The van der Waals surface area contributed by atoms with Crippen LogP contribution in [0.15, 0.2) is 30.3 Å². The Morgan fingerprint density at radius 3 is 2.88 bits per heavy atom. The van der Waals surface area contributed by atoms with Gasteiger partial charge in [0.1, 0.15) is 0 Å². The van der Waals surface area contributed by atoms with Gasteiger partial charge in [-0.3, -0.25) is 9.69 Å². The first-order valence-corrected chi connectivity index (χ1v) is 9.29. The van der Waals surface area contributed by atoms with Crippen molar-refractivity contribution < 1.29 is 14.6 Å². The van der Waals surface area contributed by atoms with Crippen LogP contribution >= 0.6 is 0 Å². The molecule has 0 saturated carbocycles.